The van der Waals surface area contributed by atoms with E-state index in [1.54, 1.807) is 0 Å². The molecule has 0 spiro atoms. The van der Waals surface area contributed by atoms with Gasteiger partial charge in [0.1, 0.15) is 0 Å². The lowest BCUT2D eigenvalue weighted by molar-refractivity contribution is -0.207. The first-order valence-electron chi connectivity index (χ1n) is 3.94. The van der Waals surface area contributed by atoms with Crippen molar-refractivity contribution < 1.29 is 27.1 Å². The average Bonchev–Trinajstić information content (AvgIpc) is 2.12. The standard InChI is InChI=1S/C9H7F5O/c1-4-2-3-5(7(11)6(4)10)8(15)9(12,13)14/h2-3,8,15H,1H3/t8-/m1/s1. The van der Waals surface area contributed by atoms with Crippen LogP contribution in [0.3, 0.4) is 0 Å². The number of benzene rings is 1. The summed E-state index contributed by atoms with van der Waals surface area (Å²) in [6, 6.07) is 1.69. The minimum absolute atomic E-state index is 0.120. The third-order valence-electron chi connectivity index (χ3n) is 1.91. The maximum atomic E-state index is 13.0. The van der Waals surface area contributed by atoms with E-state index in [4.69, 9.17) is 5.11 Å². The summed E-state index contributed by atoms with van der Waals surface area (Å²) in [6.45, 7) is 1.21. The van der Waals surface area contributed by atoms with Crippen molar-refractivity contribution >= 4 is 0 Å². The highest BCUT2D eigenvalue weighted by molar-refractivity contribution is 5.27. The lowest BCUT2D eigenvalue weighted by Crippen LogP contribution is -2.21. The number of alkyl halides is 3. The summed E-state index contributed by atoms with van der Waals surface area (Å²) in [6.07, 6.45) is -8.02. The molecule has 15 heavy (non-hydrogen) atoms. The second-order valence-electron chi connectivity index (χ2n) is 3.04. The second-order valence-corrected chi connectivity index (χ2v) is 3.04. The Morgan fingerprint density at radius 2 is 1.67 bits per heavy atom. The molecule has 84 valence electrons. The molecule has 0 aromatic heterocycles. The Kier molecular flexibility index (Phi) is 2.99. The monoisotopic (exact) mass is 226 g/mol. The lowest BCUT2D eigenvalue weighted by Gasteiger charge is -2.16. The number of hydrogen-bond acceptors (Lipinski definition) is 1. The molecule has 1 N–H and O–H groups in total. The van der Waals surface area contributed by atoms with Gasteiger partial charge >= 0.3 is 6.18 Å². The summed E-state index contributed by atoms with van der Waals surface area (Å²) in [7, 11) is 0. The van der Waals surface area contributed by atoms with Crippen LogP contribution in [0.5, 0.6) is 0 Å². The third kappa shape index (κ3) is 2.26. The fourth-order valence-corrected chi connectivity index (χ4v) is 1.05. The van der Waals surface area contributed by atoms with E-state index < -0.39 is 29.5 Å². The quantitative estimate of drug-likeness (QED) is 0.730. The second kappa shape index (κ2) is 3.77. The fraction of sp³-hybridized carbons (Fsp3) is 0.333. The average molecular weight is 226 g/mol. The van der Waals surface area contributed by atoms with E-state index in [9.17, 15) is 22.0 Å². The first-order valence-corrected chi connectivity index (χ1v) is 3.94. The molecule has 0 unspecified atom stereocenters. The highest BCUT2D eigenvalue weighted by atomic mass is 19.4. The lowest BCUT2D eigenvalue weighted by atomic mass is 10.1. The van der Waals surface area contributed by atoms with Gasteiger partial charge in [0.05, 0.1) is 0 Å². The molecule has 1 aromatic rings. The molecule has 1 atom stereocenters. The van der Waals surface area contributed by atoms with Crippen LogP contribution in [0.4, 0.5) is 22.0 Å². The van der Waals surface area contributed by atoms with Crippen molar-refractivity contribution in [2.24, 2.45) is 0 Å². The Labute approximate surface area is 82.1 Å². The molecule has 0 heterocycles. The van der Waals surface area contributed by atoms with Crippen molar-refractivity contribution in [3.05, 3.63) is 34.9 Å². The molecule has 0 saturated carbocycles. The minimum Gasteiger partial charge on any atom is -0.379 e. The van der Waals surface area contributed by atoms with Gasteiger partial charge in [-0.25, -0.2) is 8.78 Å². The van der Waals surface area contributed by atoms with Gasteiger partial charge in [-0.3, -0.25) is 0 Å². The smallest absolute Gasteiger partial charge is 0.379 e. The molecule has 6 heteroatoms. The van der Waals surface area contributed by atoms with E-state index in [0.29, 0.717) is 6.07 Å². The van der Waals surface area contributed by atoms with Crippen molar-refractivity contribution in [2.45, 2.75) is 19.2 Å². The van der Waals surface area contributed by atoms with Gasteiger partial charge in [0.25, 0.3) is 0 Å². The van der Waals surface area contributed by atoms with Crippen LogP contribution in [0.15, 0.2) is 12.1 Å². The molecule has 0 fully saturated rings. The third-order valence-corrected chi connectivity index (χ3v) is 1.91. The van der Waals surface area contributed by atoms with Crippen molar-refractivity contribution in [3.63, 3.8) is 0 Å². The summed E-state index contributed by atoms with van der Waals surface area (Å²) >= 11 is 0. The zero-order chi connectivity index (χ0) is 11.8. The fourth-order valence-electron chi connectivity index (χ4n) is 1.05. The molecule has 1 nitrogen and oxygen atoms in total. The highest BCUT2D eigenvalue weighted by Crippen LogP contribution is 2.34. The Morgan fingerprint density at radius 1 is 1.13 bits per heavy atom. The van der Waals surface area contributed by atoms with Crippen LogP contribution in [0.2, 0.25) is 0 Å². The normalized spacial score (nSPS) is 14.1. The molecule has 1 rings (SSSR count). The summed E-state index contributed by atoms with van der Waals surface area (Å²) in [5, 5.41) is 8.72. The zero-order valence-electron chi connectivity index (χ0n) is 7.57. The molecule has 0 aliphatic carbocycles. The van der Waals surface area contributed by atoms with E-state index in [0.717, 1.165) is 6.07 Å². The first kappa shape index (κ1) is 11.9. The van der Waals surface area contributed by atoms with Crippen LogP contribution >= 0.6 is 0 Å². The first-order chi connectivity index (χ1) is 6.75. The van der Waals surface area contributed by atoms with Crippen molar-refractivity contribution in [2.75, 3.05) is 0 Å². The molecule has 0 aliphatic heterocycles. The number of aliphatic hydroxyl groups is 1. The Morgan fingerprint density at radius 3 is 2.13 bits per heavy atom. The van der Waals surface area contributed by atoms with Gasteiger partial charge in [0.2, 0.25) is 0 Å². The van der Waals surface area contributed by atoms with Crippen molar-refractivity contribution in [1.82, 2.24) is 0 Å². The number of aliphatic hydroxyl groups excluding tert-OH is 1. The molecule has 0 radical (unpaired) electrons. The summed E-state index contributed by atoms with van der Waals surface area (Å²) in [5.41, 5.74) is -1.23. The van der Waals surface area contributed by atoms with E-state index in [2.05, 4.69) is 0 Å². The number of rotatable bonds is 1. The largest absolute Gasteiger partial charge is 0.418 e. The Bertz CT molecular complexity index is 372. The van der Waals surface area contributed by atoms with Gasteiger partial charge in [-0.1, -0.05) is 12.1 Å². The van der Waals surface area contributed by atoms with Gasteiger partial charge in [-0.05, 0) is 12.5 Å². The van der Waals surface area contributed by atoms with Crippen LogP contribution < -0.4 is 0 Å². The number of aryl methyl sites for hydroxylation is 1. The molecule has 0 saturated heterocycles. The molecular weight excluding hydrogens is 219 g/mol. The van der Waals surface area contributed by atoms with Crippen molar-refractivity contribution in [3.8, 4) is 0 Å². The Hall–Kier alpha value is -1.17. The number of halogens is 5. The SMILES string of the molecule is Cc1ccc([C@@H](O)C(F)(F)F)c(F)c1F. The van der Waals surface area contributed by atoms with Gasteiger partial charge in [-0.2, -0.15) is 13.2 Å². The van der Waals surface area contributed by atoms with Crippen LogP contribution in [-0.2, 0) is 0 Å². The maximum absolute atomic E-state index is 13.0. The van der Waals surface area contributed by atoms with Crippen LogP contribution in [-0.4, -0.2) is 11.3 Å². The zero-order valence-corrected chi connectivity index (χ0v) is 7.57. The topological polar surface area (TPSA) is 20.2 Å². The van der Waals surface area contributed by atoms with Gasteiger partial charge in [-0.15, -0.1) is 0 Å². The van der Waals surface area contributed by atoms with Crippen molar-refractivity contribution in [1.29, 1.82) is 0 Å². The highest BCUT2D eigenvalue weighted by Gasteiger charge is 2.41. The van der Waals surface area contributed by atoms with E-state index in [1.165, 1.54) is 6.92 Å². The predicted molar refractivity (Wildman–Crippen MR) is 42.1 cm³/mol. The van der Waals surface area contributed by atoms with E-state index in [1.807, 2.05) is 0 Å². The van der Waals surface area contributed by atoms with Crippen LogP contribution in [0, 0.1) is 18.6 Å². The van der Waals surface area contributed by atoms with Gasteiger partial charge in [0.15, 0.2) is 17.7 Å². The Balaban J connectivity index is 3.23. The van der Waals surface area contributed by atoms with Crippen LogP contribution in [0.25, 0.3) is 0 Å². The predicted octanol–water partition coefficient (Wildman–Crippen LogP) is 2.87. The van der Waals surface area contributed by atoms with Gasteiger partial charge in [0, 0.05) is 5.56 Å². The van der Waals surface area contributed by atoms with Crippen LogP contribution in [0.1, 0.15) is 17.2 Å². The maximum Gasteiger partial charge on any atom is 0.418 e. The molecular formula is C9H7F5O. The summed E-state index contributed by atoms with van der Waals surface area (Å²) in [4.78, 5) is 0. The molecule has 0 amide bonds. The van der Waals surface area contributed by atoms with Gasteiger partial charge < -0.3 is 5.11 Å². The summed E-state index contributed by atoms with van der Waals surface area (Å²) < 4.78 is 61.9. The molecule has 0 bridgehead atoms. The van der Waals surface area contributed by atoms with E-state index >= 15 is 0 Å². The molecule has 0 aliphatic rings. The molecule has 1 aromatic carbocycles. The summed E-state index contributed by atoms with van der Waals surface area (Å²) in [5.74, 6) is -3.05. The number of hydrogen-bond donors (Lipinski definition) is 1. The van der Waals surface area contributed by atoms with E-state index in [-0.39, 0.29) is 5.56 Å². The minimum atomic E-state index is -5.01.